The van der Waals surface area contributed by atoms with Gasteiger partial charge in [-0.05, 0) is 85.1 Å². The van der Waals surface area contributed by atoms with Gasteiger partial charge >= 0.3 is 12.2 Å². The molecule has 6 N–H and O–H groups in total. The highest BCUT2D eigenvalue weighted by atomic mass is 16.6. The molecule has 0 spiro atoms. The summed E-state index contributed by atoms with van der Waals surface area (Å²) in [7, 11) is 0. The molecule has 6 amide bonds. The Morgan fingerprint density at radius 1 is 0.576 bits per heavy atom. The molecule has 0 radical (unpaired) electrons. The van der Waals surface area contributed by atoms with Crippen LogP contribution in [0.1, 0.15) is 171 Å². The van der Waals surface area contributed by atoms with Crippen LogP contribution in [-0.2, 0) is 28.7 Å². The maximum Gasteiger partial charge on any atom is 0.407 e. The second-order valence-corrected chi connectivity index (χ2v) is 17.5. The number of nitrogens with zero attached hydrogens (tertiary/aromatic N) is 3. The molecule has 0 fully saturated rings. The summed E-state index contributed by atoms with van der Waals surface area (Å²) in [4.78, 5) is 80.1. The Kier molecular flexibility index (Phi) is 29.3. The normalized spacial score (nSPS) is 12.9. The minimum Gasteiger partial charge on any atom is -0.444 e. The van der Waals surface area contributed by atoms with Gasteiger partial charge in [0.25, 0.3) is 0 Å². The summed E-state index contributed by atoms with van der Waals surface area (Å²) in [6.07, 6.45) is 14.6. The summed E-state index contributed by atoms with van der Waals surface area (Å²) in [5, 5.41) is 19.7. The number of unbranched alkanes of at least 4 members (excludes halogenated alkanes) is 12. The fraction of sp³-hybridized carbons (Fsp3) is 0.857. The Bertz CT molecular complexity index is 1290. The van der Waals surface area contributed by atoms with Crippen LogP contribution in [0.4, 0.5) is 9.59 Å². The number of carbonyl (C=O) groups is 6. The molecular weight excluding hydrogens is 759 g/mol. The van der Waals surface area contributed by atoms with Gasteiger partial charge in [0, 0.05) is 31.0 Å². The van der Waals surface area contributed by atoms with Crippen molar-refractivity contribution in [2.24, 2.45) is 11.0 Å². The fourth-order valence-electron chi connectivity index (χ4n) is 5.92. The quantitative estimate of drug-likeness (QED) is 0.0180. The Hall–Kier alpha value is -4.27. The van der Waals surface area contributed by atoms with Crippen LogP contribution in [0.15, 0.2) is 5.11 Å². The lowest BCUT2D eigenvalue weighted by molar-refractivity contribution is -0.134. The molecule has 0 aliphatic heterocycles. The van der Waals surface area contributed by atoms with Crippen molar-refractivity contribution in [2.45, 2.75) is 201 Å². The molecule has 0 bridgehead atoms. The van der Waals surface area contributed by atoms with Crippen molar-refractivity contribution < 1.29 is 38.2 Å². The van der Waals surface area contributed by atoms with Crippen LogP contribution in [0.3, 0.4) is 0 Å². The Labute approximate surface area is 353 Å². The monoisotopic (exact) mass is 838 g/mol. The number of rotatable bonds is 31. The molecule has 59 heavy (non-hydrogen) atoms. The molecule has 0 aromatic heterocycles. The highest BCUT2D eigenvalue weighted by molar-refractivity contribution is 5.94. The largest absolute Gasteiger partial charge is 0.444 e. The lowest BCUT2D eigenvalue weighted by Gasteiger charge is -2.27. The fourth-order valence-corrected chi connectivity index (χ4v) is 5.92. The number of carbonyl (C=O) groups excluding carboxylic acids is 6. The van der Waals surface area contributed by atoms with Crippen LogP contribution in [0.2, 0.25) is 0 Å². The van der Waals surface area contributed by atoms with Gasteiger partial charge in [0.05, 0.1) is 6.54 Å². The van der Waals surface area contributed by atoms with Crippen molar-refractivity contribution >= 4 is 35.8 Å². The molecule has 3 atom stereocenters. The van der Waals surface area contributed by atoms with Gasteiger partial charge in [-0.25, -0.2) is 9.59 Å². The standard InChI is InChI=1S/C42H79N9O8/c1-10-11-12-13-14-15-16-17-18-19-20-21-26-34(52)48-32(25-24-29-46-40(57)59-42(7,8)9)37(54)50-35(31(2)3)38(55)49-33(30-47-51-43)36(53)44-27-22-23-28-45-39(56)58-41(4,5)6/h31-33,35H,10-30H2,1-9H3,(H,44,53)(H,45,56)(H,46,57)(H,48,52)(H,49,55)(H,50,54)/t32-,33+,35+/m1/s1. The first kappa shape index (κ1) is 54.7. The molecule has 0 unspecified atom stereocenters. The van der Waals surface area contributed by atoms with Crippen molar-refractivity contribution in [3.63, 3.8) is 0 Å². The maximum atomic E-state index is 13.7. The lowest BCUT2D eigenvalue weighted by atomic mass is 10.0. The van der Waals surface area contributed by atoms with E-state index in [0.29, 0.717) is 32.2 Å². The van der Waals surface area contributed by atoms with Crippen LogP contribution in [-0.4, -0.2) is 91.3 Å². The van der Waals surface area contributed by atoms with Crippen molar-refractivity contribution in [3.8, 4) is 0 Å². The summed E-state index contributed by atoms with van der Waals surface area (Å²) < 4.78 is 10.5. The van der Waals surface area contributed by atoms with Gasteiger partial charge in [-0.2, -0.15) is 0 Å². The first-order valence-corrected chi connectivity index (χ1v) is 21.9. The van der Waals surface area contributed by atoms with Gasteiger partial charge in [-0.15, -0.1) is 0 Å². The van der Waals surface area contributed by atoms with E-state index in [0.717, 1.165) is 19.3 Å². The molecule has 0 heterocycles. The second kappa shape index (κ2) is 31.6. The molecule has 0 saturated carbocycles. The van der Waals surface area contributed by atoms with Gasteiger partial charge in [0.1, 0.15) is 29.3 Å². The SMILES string of the molecule is CCCCCCCCCCCCCCC(=O)N[C@H](CCCNC(=O)OC(C)(C)C)C(=O)N[C@H](C(=O)N[C@@H](CN=[N+]=[N-])C(=O)NCCCCNC(=O)OC(C)(C)C)C(C)C. The van der Waals surface area contributed by atoms with Gasteiger partial charge < -0.3 is 41.4 Å². The van der Waals surface area contributed by atoms with Crippen molar-refractivity contribution in [3.05, 3.63) is 10.4 Å². The van der Waals surface area contributed by atoms with E-state index < -0.39 is 65.2 Å². The Morgan fingerprint density at radius 3 is 1.53 bits per heavy atom. The zero-order valence-corrected chi connectivity index (χ0v) is 37.8. The third-order valence-electron chi connectivity index (χ3n) is 9.03. The minimum absolute atomic E-state index is 0.174. The van der Waals surface area contributed by atoms with E-state index in [1.54, 1.807) is 55.4 Å². The highest BCUT2D eigenvalue weighted by Crippen LogP contribution is 2.13. The van der Waals surface area contributed by atoms with Gasteiger partial charge in [0.2, 0.25) is 23.6 Å². The summed E-state index contributed by atoms with van der Waals surface area (Å²) in [6, 6.07) is -3.32. The highest BCUT2D eigenvalue weighted by Gasteiger charge is 2.31. The number of hydrogen-bond donors (Lipinski definition) is 6. The van der Waals surface area contributed by atoms with Crippen LogP contribution < -0.4 is 31.9 Å². The minimum atomic E-state index is -1.22. The Balaban J connectivity index is 5.35. The van der Waals surface area contributed by atoms with Gasteiger partial charge in [-0.1, -0.05) is 96.5 Å². The molecule has 17 heteroatoms. The average Bonchev–Trinajstić information content (AvgIpc) is 3.13. The van der Waals surface area contributed by atoms with Crippen LogP contribution >= 0.6 is 0 Å². The summed E-state index contributed by atoms with van der Waals surface area (Å²) in [5.74, 6) is -2.55. The van der Waals surface area contributed by atoms with E-state index in [-0.39, 0.29) is 38.4 Å². The smallest absolute Gasteiger partial charge is 0.407 e. The molecule has 0 saturated heterocycles. The van der Waals surface area contributed by atoms with Crippen molar-refractivity contribution in [2.75, 3.05) is 26.2 Å². The van der Waals surface area contributed by atoms with E-state index in [2.05, 4.69) is 48.9 Å². The van der Waals surface area contributed by atoms with Crippen LogP contribution in [0, 0.1) is 5.92 Å². The molecular formula is C42H79N9O8. The predicted octanol–water partition coefficient (Wildman–Crippen LogP) is 7.22. The number of azide groups is 1. The number of amides is 6. The van der Waals surface area contributed by atoms with Crippen molar-refractivity contribution in [1.82, 2.24) is 31.9 Å². The average molecular weight is 838 g/mol. The number of ether oxygens (including phenoxy) is 2. The van der Waals surface area contributed by atoms with Gasteiger partial charge in [0.15, 0.2) is 0 Å². The molecule has 0 aliphatic carbocycles. The zero-order valence-electron chi connectivity index (χ0n) is 37.8. The van der Waals surface area contributed by atoms with Gasteiger partial charge in [-0.3, -0.25) is 19.2 Å². The van der Waals surface area contributed by atoms with Crippen LogP contribution in [0.5, 0.6) is 0 Å². The third kappa shape index (κ3) is 31.3. The van der Waals surface area contributed by atoms with Crippen molar-refractivity contribution in [1.29, 1.82) is 0 Å². The molecule has 340 valence electrons. The molecule has 17 nitrogen and oxygen atoms in total. The summed E-state index contributed by atoms with van der Waals surface area (Å²) >= 11 is 0. The first-order chi connectivity index (χ1) is 27.8. The number of alkyl carbamates (subject to hydrolysis) is 2. The molecule has 0 aliphatic rings. The molecule has 0 rings (SSSR count). The van der Waals surface area contributed by atoms with E-state index >= 15 is 0 Å². The second-order valence-electron chi connectivity index (χ2n) is 17.5. The Morgan fingerprint density at radius 2 is 1.05 bits per heavy atom. The van der Waals surface area contributed by atoms with E-state index in [4.69, 9.17) is 15.0 Å². The lowest BCUT2D eigenvalue weighted by Crippen LogP contribution is -2.58. The maximum absolute atomic E-state index is 13.7. The van der Waals surface area contributed by atoms with E-state index in [9.17, 15) is 28.8 Å². The summed E-state index contributed by atoms with van der Waals surface area (Å²) in [5.41, 5.74) is 7.64. The zero-order chi connectivity index (χ0) is 44.7. The first-order valence-electron chi connectivity index (χ1n) is 21.9. The van der Waals surface area contributed by atoms with E-state index in [1.807, 2.05) is 0 Å². The molecule has 0 aromatic rings. The number of hydrogen-bond acceptors (Lipinski definition) is 9. The predicted molar refractivity (Wildman–Crippen MR) is 230 cm³/mol. The topological polar surface area (TPSA) is 242 Å². The van der Waals surface area contributed by atoms with Crippen LogP contribution in [0.25, 0.3) is 10.4 Å². The third-order valence-corrected chi connectivity index (χ3v) is 9.03. The molecule has 0 aromatic carbocycles. The number of nitrogens with one attached hydrogen (secondary N) is 6. The summed E-state index contributed by atoms with van der Waals surface area (Å²) in [6.45, 7) is 16.6. The van der Waals surface area contributed by atoms with E-state index in [1.165, 1.54) is 51.4 Å².